The van der Waals surface area contributed by atoms with Gasteiger partial charge in [0.15, 0.2) is 0 Å². The number of carbonyl (C=O) groups excluding carboxylic acids is 2. The van der Waals surface area contributed by atoms with Crippen LogP contribution in [0.15, 0.2) is 42.5 Å². The van der Waals surface area contributed by atoms with Crippen LogP contribution < -0.4 is 11.1 Å². The molecule has 0 unspecified atom stereocenters. The number of para-hydroxylation sites is 1. The van der Waals surface area contributed by atoms with E-state index in [4.69, 9.17) is 5.73 Å². The molecule has 7 heteroatoms. The Bertz CT molecular complexity index is 838. The minimum Gasteiger partial charge on any atom is -0.399 e. The molecule has 0 aromatic heterocycles. The Morgan fingerprint density at radius 3 is 2.54 bits per heavy atom. The molecule has 1 fully saturated rings. The summed E-state index contributed by atoms with van der Waals surface area (Å²) in [5.41, 5.74) is 9.77. The van der Waals surface area contributed by atoms with E-state index < -0.39 is 0 Å². The summed E-state index contributed by atoms with van der Waals surface area (Å²) in [5, 5.41) is 2.94. The number of thioether (sulfide) groups is 1. The summed E-state index contributed by atoms with van der Waals surface area (Å²) in [7, 11) is 0. The molecule has 0 saturated carbocycles. The van der Waals surface area contributed by atoms with E-state index in [1.807, 2.05) is 66.1 Å². The summed E-state index contributed by atoms with van der Waals surface area (Å²) >= 11 is 1.87. The highest BCUT2D eigenvalue weighted by Gasteiger charge is 2.21. The van der Waals surface area contributed by atoms with Crippen LogP contribution in [-0.4, -0.2) is 41.3 Å². The predicted molar refractivity (Wildman–Crippen MR) is 119 cm³/mol. The van der Waals surface area contributed by atoms with E-state index in [9.17, 15) is 9.59 Å². The van der Waals surface area contributed by atoms with Crippen molar-refractivity contribution in [1.82, 2.24) is 4.90 Å². The second-order valence-electron chi connectivity index (χ2n) is 6.63. The topological polar surface area (TPSA) is 75.4 Å². The van der Waals surface area contributed by atoms with Gasteiger partial charge in [-0.2, -0.15) is 11.8 Å². The van der Waals surface area contributed by atoms with E-state index in [1.54, 1.807) is 0 Å². The highest BCUT2D eigenvalue weighted by atomic mass is 35.5. The summed E-state index contributed by atoms with van der Waals surface area (Å²) < 4.78 is 0. The van der Waals surface area contributed by atoms with Crippen LogP contribution in [0.3, 0.4) is 0 Å². The first-order valence-electron chi connectivity index (χ1n) is 9.16. The zero-order valence-corrected chi connectivity index (χ0v) is 17.6. The minimum atomic E-state index is -0.0830. The number of nitrogens with zero attached hydrogens (tertiary/aromatic N) is 1. The molecule has 5 nitrogen and oxygen atoms in total. The van der Waals surface area contributed by atoms with Crippen LogP contribution in [0.2, 0.25) is 0 Å². The Hall–Kier alpha value is -2.18. The van der Waals surface area contributed by atoms with E-state index >= 15 is 0 Å². The monoisotopic (exact) mass is 419 g/mol. The molecule has 1 saturated heterocycles. The van der Waals surface area contributed by atoms with Crippen molar-refractivity contribution in [2.75, 3.05) is 35.6 Å². The molecule has 0 aliphatic carbocycles. The largest absolute Gasteiger partial charge is 0.399 e. The van der Waals surface area contributed by atoms with E-state index in [0.29, 0.717) is 29.8 Å². The van der Waals surface area contributed by atoms with Gasteiger partial charge in [0.05, 0.1) is 0 Å². The van der Waals surface area contributed by atoms with Gasteiger partial charge in [0.2, 0.25) is 5.91 Å². The van der Waals surface area contributed by atoms with Gasteiger partial charge >= 0.3 is 0 Å². The number of anilines is 2. The summed E-state index contributed by atoms with van der Waals surface area (Å²) in [6.07, 6.45) is 0.927. The van der Waals surface area contributed by atoms with Crippen LogP contribution in [0, 0.1) is 6.92 Å². The zero-order chi connectivity index (χ0) is 19.2. The fourth-order valence-electron chi connectivity index (χ4n) is 3.16. The second kappa shape index (κ2) is 10.4. The maximum absolute atomic E-state index is 12.8. The van der Waals surface area contributed by atoms with Crippen molar-refractivity contribution in [2.45, 2.75) is 19.8 Å². The predicted octanol–water partition coefficient (Wildman–Crippen LogP) is 3.76. The van der Waals surface area contributed by atoms with Gasteiger partial charge in [-0.05, 0) is 42.7 Å². The SMILES string of the molecule is Cc1c(NC(=O)CCc2ccccc2N)cccc1C(=O)N1CCSCC1.Cl. The number of rotatable bonds is 5. The Kier molecular flexibility index (Phi) is 8.20. The lowest BCUT2D eigenvalue weighted by Gasteiger charge is -2.27. The lowest BCUT2D eigenvalue weighted by molar-refractivity contribution is -0.116. The highest BCUT2D eigenvalue weighted by molar-refractivity contribution is 7.99. The van der Waals surface area contributed by atoms with E-state index in [-0.39, 0.29) is 24.2 Å². The van der Waals surface area contributed by atoms with Crippen LogP contribution in [0.4, 0.5) is 11.4 Å². The molecule has 2 aromatic carbocycles. The summed E-state index contributed by atoms with van der Waals surface area (Å²) in [6, 6.07) is 13.1. The standard InChI is InChI=1S/C21H25N3O2S.ClH/c1-15-17(21(26)24-11-13-27-14-12-24)6-4-8-19(15)23-20(25)10-9-16-5-2-3-7-18(16)22;/h2-8H,9-14,22H2,1H3,(H,23,25);1H. The van der Waals surface area contributed by atoms with Crippen molar-refractivity contribution in [2.24, 2.45) is 0 Å². The van der Waals surface area contributed by atoms with Gasteiger partial charge in [-0.25, -0.2) is 0 Å². The average molecular weight is 420 g/mol. The van der Waals surface area contributed by atoms with Crippen molar-refractivity contribution in [1.29, 1.82) is 0 Å². The molecule has 2 aromatic rings. The quantitative estimate of drug-likeness (QED) is 0.723. The number of hydrogen-bond donors (Lipinski definition) is 2. The van der Waals surface area contributed by atoms with Gasteiger partial charge in [0.25, 0.3) is 5.91 Å². The Morgan fingerprint density at radius 2 is 1.82 bits per heavy atom. The third kappa shape index (κ3) is 5.42. The zero-order valence-electron chi connectivity index (χ0n) is 15.9. The first-order valence-corrected chi connectivity index (χ1v) is 10.3. The van der Waals surface area contributed by atoms with Crippen LogP contribution in [0.25, 0.3) is 0 Å². The third-order valence-corrected chi connectivity index (χ3v) is 5.76. The van der Waals surface area contributed by atoms with Crippen molar-refractivity contribution in [3.63, 3.8) is 0 Å². The molecule has 3 N–H and O–H groups in total. The molecule has 1 aliphatic heterocycles. The molecule has 150 valence electrons. The number of nitrogen functional groups attached to an aromatic ring is 1. The molecule has 0 radical (unpaired) electrons. The number of halogens is 1. The van der Waals surface area contributed by atoms with Gasteiger partial charge in [-0.3, -0.25) is 9.59 Å². The molecule has 0 atom stereocenters. The smallest absolute Gasteiger partial charge is 0.254 e. The first-order chi connectivity index (χ1) is 13.1. The van der Waals surface area contributed by atoms with Crippen molar-refractivity contribution >= 4 is 47.4 Å². The number of carbonyl (C=O) groups is 2. The first kappa shape index (κ1) is 22.1. The summed E-state index contributed by atoms with van der Waals surface area (Å²) in [4.78, 5) is 27.1. The molecule has 1 heterocycles. The second-order valence-corrected chi connectivity index (χ2v) is 7.85. The minimum absolute atomic E-state index is 0. The van der Waals surface area contributed by atoms with Gasteiger partial charge < -0.3 is 16.0 Å². The van der Waals surface area contributed by atoms with Crippen molar-refractivity contribution < 1.29 is 9.59 Å². The highest BCUT2D eigenvalue weighted by Crippen LogP contribution is 2.22. The lowest BCUT2D eigenvalue weighted by atomic mass is 10.0. The maximum atomic E-state index is 12.8. The van der Waals surface area contributed by atoms with E-state index in [2.05, 4.69) is 5.32 Å². The van der Waals surface area contributed by atoms with Crippen molar-refractivity contribution in [3.05, 3.63) is 59.2 Å². The number of nitrogens with one attached hydrogen (secondary N) is 1. The molecule has 2 amide bonds. The number of amides is 2. The maximum Gasteiger partial charge on any atom is 0.254 e. The molecular formula is C21H26ClN3O2S. The number of benzene rings is 2. The third-order valence-electron chi connectivity index (χ3n) is 4.81. The number of hydrogen-bond acceptors (Lipinski definition) is 4. The molecule has 0 spiro atoms. The lowest BCUT2D eigenvalue weighted by Crippen LogP contribution is -2.38. The van der Waals surface area contributed by atoms with Gasteiger partial charge in [0.1, 0.15) is 0 Å². The molecule has 1 aliphatic rings. The van der Waals surface area contributed by atoms with E-state index in [1.165, 1.54) is 0 Å². The molecular weight excluding hydrogens is 394 g/mol. The number of nitrogens with two attached hydrogens (primary N) is 1. The van der Waals surface area contributed by atoms with Crippen molar-refractivity contribution in [3.8, 4) is 0 Å². The van der Waals surface area contributed by atoms with Crippen LogP contribution >= 0.6 is 24.2 Å². The molecule has 3 rings (SSSR count). The van der Waals surface area contributed by atoms with Gasteiger partial charge in [0, 0.05) is 48.0 Å². The summed E-state index contributed by atoms with van der Waals surface area (Å²) in [5.74, 6) is 1.91. The molecule has 0 bridgehead atoms. The Morgan fingerprint density at radius 1 is 1.11 bits per heavy atom. The Labute approximate surface area is 176 Å². The number of aryl methyl sites for hydroxylation is 1. The molecule has 28 heavy (non-hydrogen) atoms. The van der Waals surface area contributed by atoms with Crippen LogP contribution in [-0.2, 0) is 11.2 Å². The van der Waals surface area contributed by atoms with E-state index in [0.717, 1.165) is 35.7 Å². The average Bonchev–Trinajstić information content (AvgIpc) is 2.69. The Balaban J connectivity index is 0.00000280. The summed E-state index contributed by atoms with van der Waals surface area (Å²) in [6.45, 7) is 3.44. The normalized spacial score (nSPS) is 13.5. The van der Waals surface area contributed by atoms with Crippen LogP contribution in [0.5, 0.6) is 0 Å². The van der Waals surface area contributed by atoms with Crippen LogP contribution in [0.1, 0.15) is 27.9 Å². The van der Waals surface area contributed by atoms with Gasteiger partial charge in [-0.15, -0.1) is 12.4 Å². The fourth-order valence-corrected chi connectivity index (χ4v) is 4.07. The fraction of sp³-hybridized carbons (Fsp3) is 0.333. The van der Waals surface area contributed by atoms with Gasteiger partial charge in [-0.1, -0.05) is 24.3 Å².